The fourth-order valence-corrected chi connectivity index (χ4v) is 1.39. The number of aliphatic hydroxyl groups excluding tert-OH is 2. The first-order chi connectivity index (χ1) is 5.25. The van der Waals surface area contributed by atoms with Gasteiger partial charge < -0.3 is 10.2 Å². The molecule has 0 aromatic carbocycles. The lowest BCUT2D eigenvalue weighted by Gasteiger charge is -2.08. The summed E-state index contributed by atoms with van der Waals surface area (Å²) in [4.78, 5) is 0. The zero-order chi connectivity index (χ0) is 8.27. The maximum Gasteiger partial charge on any atom is 0.170 e. The summed E-state index contributed by atoms with van der Waals surface area (Å²) >= 11 is 1.42. The maximum absolute atomic E-state index is 9.21. The Kier molecular flexibility index (Phi) is 2.60. The summed E-state index contributed by atoms with van der Waals surface area (Å²) in [5.74, 6) is 0. The standard InChI is InChI=1S/C7H7NO2S/c8-3-6(9)7(10)5-1-2-11-4-5/h1-2,4,6-7,9-10H. The quantitative estimate of drug-likeness (QED) is 0.639. The fraction of sp³-hybridized carbons (Fsp3) is 0.286. The number of rotatable bonds is 2. The first kappa shape index (κ1) is 8.21. The minimum absolute atomic E-state index is 0.587. The number of nitriles is 1. The highest BCUT2D eigenvalue weighted by Crippen LogP contribution is 2.18. The Labute approximate surface area is 68.1 Å². The highest BCUT2D eigenvalue weighted by Gasteiger charge is 2.17. The SMILES string of the molecule is N#CC(O)C(O)c1ccsc1. The van der Waals surface area contributed by atoms with E-state index in [0.717, 1.165) is 0 Å². The molecule has 1 aromatic rings. The second-order valence-corrected chi connectivity index (χ2v) is 2.86. The van der Waals surface area contributed by atoms with Gasteiger partial charge in [-0.2, -0.15) is 16.6 Å². The maximum atomic E-state index is 9.21. The van der Waals surface area contributed by atoms with Crippen molar-refractivity contribution in [3.05, 3.63) is 22.4 Å². The van der Waals surface area contributed by atoms with Crippen LogP contribution < -0.4 is 0 Å². The highest BCUT2D eigenvalue weighted by atomic mass is 32.1. The Morgan fingerprint density at radius 3 is 2.73 bits per heavy atom. The topological polar surface area (TPSA) is 64.2 Å². The largest absolute Gasteiger partial charge is 0.385 e. The van der Waals surface area contributed by atoms with E-state index in [0.29, 0.717) is 5.56 Å². The Morgan fingerprint density at radius 2 is 2.27 bits per heavy atom. The molecule has 0 saturated heterocycles. The van der Waals surface area contributed by atoms with Crippen LogP contribution in [0.25, 0.3) is 0 Å². The average molecular weight is 169 g/mol. The van der Waals surface area contributed by atoms with Crippen molar-refractivity contribution in [1.82, 2.24) is 0 Å². The summed E-state index contributed by atoms with van der Waals surface area (Å²) in [6.07, 6.45) is -2.41. The van der Waals surface area contributed by atoms with Gasteiger partial charge in [0.25, 0.3) is 0 Å². The zero-order valence-electron chi connectivity index (χ0n) is 5.64. The molecule has 0 amide bonds. The van der Waals surface area contributed by atoms with Crippen molar-refractivity contribution in [3.63, 3.8) is 0 Å². The molecule has 3 nitrogen and oxygen atoms in total. The van der Waals surface area contributed by atoms with E-state index < -0.39 is 12.2 Å². The number of nitrogens with zero attached hydrogens (tertiary/aromatic N) is 1. The second-order valence-electron chi connectivity index (χ2n) is 2.08. The number of hydrogen-bond acceptors (Lipinski definition) is 4. The first-order valence-electron chi connectivity index (χ1n) is 3.03. The van der Waals surface area contributed by atoms with Crippen molar-refractivity contribution >= 4 is 11.3 Å². The van der Waals surface area contributed by atoms with Crippen molar-refractivity contribution < 1.29 is 10.2 Å². The van der Waals surface area contributed by atoms with Crippen LogP contribution in [0.15, 0.2) is 16.8 Å². The van der Waals surface area contributed by atoms with Crippen molar-refractivity contribution in [1.29, 1.82) is 5.26 Å². The molecule has 1 heterocycles. The smallest absolute Gasteiger partial charge is 0.170 e. The second kappa shape index (κ2) is 3.49. The van der Waals surface area contributed by atoms with Gasteiger partial charge in [-0.05, 0) is 22.4 Å². The van der Waals surface area contributed by atoms with Crippen LogP contribution in [0.2, 0.25) is 0 Å². The number of hydrogen-bond donors (Lipinski definition) is 2. The molecule has 1 aromatic heterocycles. The minimum Gasteiger partial charge on any atom is -0.385 e. The van der Waals surface area contributed by atoms with Gasteiger partial charge >= 0.3 is 0 Å². The van der Waals surface area contributed by atoms with E-state index in [1.165, 1.54) is 11.3 Å². The molecule has 0 aliphatic rings. The van der Waals surface area contributed by atoms with Gasteiger partial charge in [0.15, 0.2) is 6.10 Å². The van der Waals surface area contributed by atoms with Crippen LogP contribution in [0.5, 0.6) is 0 Å². The molecule has 0 fully saturated rings. The van der Waals surface area contributed by atoms with Crippen LogP contribution in [0.4, 0.5) is 0 Å². The first-order valence-corrected chi connectivity index (χ1v) is 3.98. The van der Waals surface area contributed by atoms with Crippen LogP contribution in [-0.2, 0) is 0 Å². The van der Waals surface area contributed by atoms with E-state index >= 15 is 0 Å². The molecular formula is C7H7NO2S. The van der Waals surface area contributed by atoms with E-state index in [-0.39, 0.29) is 0 Å². The molecule has 11 heavy (non-hydrogen) atoms. The summed E-state index contributed by atoms with van der Waals surface area (Å²) in [7, 11) is 0. The van der Waals surface area contributed by atoms with E-state index in [9.17, 15) is 5.11 Å². The predicted molar refractivity (Wildman–Crippen MR) is 40.9 cm³/mol. The Hall–Kier alpha value is -0.890. The molecule has 1 rings (SSSR count). The molecule has 0 saturated carbocycles. The van der Waals surface area contributed by atoms with Gasteiger partial charge in [-0.25, -0.2) is 0 Å². The summed E-state index contributed by atoms with van der Waals surface area (Å²) in [6, 6.07) is 3.24. The molecule has 0 spiro atoms. The Bertz CT molecular complexity index is 252. The predicted octanol–water partition coefficient (Wildman–Crippen LogP) is 0.666. The van der Waals surface area contributed by atoms with Crippen molar-refractivity contribution in [2.45, 2.75) is 12.2 Å². The van der Waals surface area contributed by atoms with E-state index in [1.807, 2.05) is 0 Å². The minimum atomic E-state index is -1.33. The van der Waals surface area contributed by atoms with Gasteiger partial charge in [-0.1, -0.05) is 0 Å². The lowest BCUT2D eigenvalue weighted by Crippen LogP contribution is -2.14. The van der Waals surface area contributed by atoms with E-state index in [2.05, 4.69) is 0 Å². The van der Waals surface area contributed by atoms with Crippen molar-refractivity contribution in [2.24, 2.45) is 0 Å². The summed E-state index contributed by atoms with van der Waals surface area (Å²) in [5, 5.41) is 29.8. The summed E-state index contributed by atoms with van der Waals surface area (Å²) in [6.45, 7) is 0. The van der Waals surface area contributed by atoms with Crippen LogP contribution in [0, 0.1) is 11.3 Å². The van der Waals surface area contributed by atoms with Crippen LogP contribution in [0.1, 0.15) is 11.7 Å². The van der Waals surface area contributed by atoms with Gasteiger partial charge in [0.05, 0.1) is 6.07 Å². The third kappa shape index (κ3) is 1.77. The molecule has 0 radical (unpaired) electrons. The van der Waals surface area contributed by atoms with Crippen LogP contribution in [0.3, 0.4) is 0 Å². The zero-order valence-corrected chi connectivity index (χ0v) is 6.45. The number of aliphatic hydroxyl groups is 2. The van der Waals surface area contributed by atoms with Gasteiger partial charge in [-0.3, -0.25) is 0 Å². The summed E-state index contributed by atoms with van der Waals surface area (Å²) < 4.78 is 0. The molecule has 0 bridgehead atoms. The van der Waals surface area contributed by atoms with Gasteiger partial charge in [0.1, 0.15) is 6.10 Å². The molecule has 58 valence electrons. The lowest BCUT2D eigenvalue weighted by atomic mass is 10.1. The third-order valence-corrected chi connectivity index (χ3v) is 2.02. The molecule has 2 N–H and O–H groups in total. The molecule has 4 heteroatoms. The van der Waals surface area contributed by atoms with E-state index in [1.54, 1.807) is 22.9 Å². The van der Waals surface area contributed by atoms with Crippen molar-refractivity contribution in [2.75, 3.05) is 0 Å². The molecular weight excluding hydrogens is 162 g/mol. The average Bonchev–Trinajstić information content (AvgIpc) is 2.53. The molecule has 2 atom stereocenters. The molecule has 0 aliphatic heterocycles. The van der Waals surface area contributed by atoms with Gasteiger partial charge in [-0.15, -0.1) is 0 Å². The third-order valence-electron chi connectivity index (χ3n) is 1.32. The van der Waals surface area contributed by atoms with Gasteiger partial charge in [0, 0.05) is 0 Å². The normalized spacial score (nSPS) is 15.4. The monoisotopic (exact) mass is 169 g/mol. The van der Waals surface area contributed by atoms with Crippen molar-refractivity contribution in [3.8, 4) is 6.07 Å². The van der Waals surface area contributed by atoms with Crippen LogP contribution >= 0.6 is 11.3 Å². The van der Waals surface area contributed by atoms with Crippen LogP contribution in [-0.4, -0.2) is 16.3 Å². The molecule has 2 unspecified atom stereocenters. The van der Waals surface area contributed by atoms with E-state index in [4.69, 9.17) is 10.4 Å². The fourth-order valence-electron chi connectivity index (χ4n) is 0.696. The summed E-state index contributed by atoms with van der Waals surface area (Å²) in [5.41, 5.74) is 0.587. The van der Waals surface area contributed by atoms with Gasteiger partial charge in [0.2, 0.25) is 0 Å². The number of thiophene rings is 1. The molecule has 0 aliphatic carbocycles. The Morgan fingerprint density at radius 1 is 1.55 bits per heavy atom. The Balaban J connectivity index is 2.71. The lowest BCUT2D eigenvalue weighted by molar-refractivity contribution is 0.0531. The highest BCUT2D eigenvalue weighted by molar-refractivity contribution is 7.07.